The minimum atomic E-state index is 0.293. The Hall–Kier alpha value is -1.77. The molecule has 3 nitrogen and oxygen atoms in total. The molecule has 1 aliphatic heterocycles. The number of rotatable bonds is 1. The molecule has 0 aliphatic carbocycles. The second kappa shape index (κ2) is 3.31. The first-order chi connectivity index (χ1) is 6.36. The van der Waals surface area contributed by atoms with Crippen molar-refractivity contribution in [1.29, 1.82) is 0 Å². The van der Waals surface area contributed by atoms with Crippen LogP contribution >= 0.6 is 0 Å². The molecule has 1 aliphatic rings. The summed E-state index contributed by atoms with van der Waals surface area (Å²) < 4.78 is 0. The van der Waals surface area contributed by atoms with E-state index in [1.165, 1.54) is 5.57 Å². The molecule has 1 aromatic carbocycles. The highest BCUT2D eigenvalue weighted by Crippen LogP contribution is 2.20. The number of hydrogen-bond acceptors (Lipinski definition) is 3. The van der Waals surface area contributed by atoms with Crippen LogP contribution in [0.3, 0.4) is 0 Å². The summed E-state index contributed by atoms with van der Waals surface area (Å²) in [6.07, 6.45) is 4.52. The Morgan fingerprint density at radius 1 is 1.23 bits per heavy atom. The topological polar surface area (TPSA) is 44.6 Å². The van der Waals surface area contributed by atoms with Crippen molar-refractivity contribution < 1.29 is 5.11 Å². The molecule has 0 saturated carbocycles. The fourth-order valence-electron chi connectivity index (χ4n) is 1.25. The number of phenols is 1. The Labute approximate surface area is 76.4 Å². The zero-order valence-corrected chi connectivity index (χ0v) is 7.07. The van der Waals surface area contributed by atoms with E-state index in [-0.39, 0.29) is 0 Å². The van der Waals surface area contributed by atoms with Crippen LogP contribution < -0.4 is 5.43 Å². The molecule has 13 heavy (non-hydrogen) atoms. The Balaban J connectivity index is 2.25. The summed E-state index contributed by atoms with van der Waals surface area (Å²) in [5, 5.41) is 13.0. The average molecular weight is 174 g/mol. The highest BCUT2D eigenvalue weighted by Gasteiger charge is 2.02. The molecule has 1 heterocycles. The molecule has 0 unspecified atom stereocenters. The highest BCUT2D eigenvalue weighted by atomic mass is 16.3. The molecular formula is C10H10N2O. The van der Waals surface area contributed by atoms with Gasteiger partial charge >= 0.3 is 0 Å². The number of nitrogens with zero attached hydrogens (tertiary/aromatic N) is 1. The van der Waals surface area contributed by atoms with Crippen molar-refractivity contribution in [2.75, 3.05) is 0 Å². The molecule has 3 heteroatoms. The van der Waals surface area contributed by atoms with E-state index < -0.39 is 0 Å². The molecule has 0 spiro atoms. The maximum Gasteiger partial charge on any atom is 0.115 e. The van der Waals surface area contributed by atoms with Crippen molar-refractivity contribution in [2.45, 2.75) is 6.42 Å². The third-order valence-corrected chi connectivity index (χ3v) is 1.95. The van der Waals surface area contributed by atoms with E-state index in [2.05, 4.69) is 10.5 Å². The number of benzene rings is 1. The van der Waals surface area contributed by atoms with Crippen molar-refractivity contribution in [1.82, 2.24) is 5.43 Å². The van der Waals surface area contributed by atoms with Gasteiger partial charge in [0.15, 0.2) is 0 Å². The summed E-state index contributed by atoms with van der Waals surface area (Å²) >= 11 is 0. The standard InChI is InChI=1S/C10H10N2O/c13-10-3-1-8(2-4-10)9-5-6-11-12-7-9/h1-4,6-7,12-13H,5H2. The van der Waals surface area contributed by atoms with E-state index in [0.717, 1.165) is 12.0 Å². The van der Waals surface area contributed by atoms with Crippen LogP contribution in [0.2, 0.25) is 0 Å². The van der Waals surface area contributed by atoms with Gasteiger partial charge in [0, 0.05) is 18.8 Å². The second-order valence-electron chi connectivity index (χ2n) is 2.86. The predicted molar refractivity (Wildman–Crippen MR) is 52.3 cm³/mol. The van der Waals surface area contributed by atoms with Gasteiger partial charge < -0.3 is 5.11 Å². The van der Waals surface area contributed by atoms with Crippen LogP contribution in [0, 0.1) is 0 Å². The molecule has 2 rings (SSSR count). The number of nitrogens with one attached hydrogen (secondary N) is 1. The minimum absolute atomic E-state index is 0.293. The number of hydrogen-bond donors (Lipinski definition) is 2. The fourth-order valence-corrected chi connectivity index (χ4v) is 1.25. The summed E-state index contributed by atoms with van der Waals surface area (Å²) in [7, 11) is 0. The lowest BCUT2D eigenvalue weighted by molar-refractivity contribution is 0.475. The fraction of sp³-hybridized carbons (Fsp3) is 0.100. The van der Waals surface area contributed by atoms with Crippen LogP contribution in [0.15, 0.2) is 35.6 Å². The Morgan fingerprint density at radius 3 is 2.62 bits per heavy atom. The van der Waals surface area contributed by atoms with E-state index in [1.54, 1.807) is 12.1 Å². The lowest BCUT2D eigenvalue weighted by Crippen LogP contribution is -2.03. The SMILES string of the molecule is Oc1ccc(C2=CNN=CC2)cc1. The van der Waals surface area contributed by atoms with Gasteiger partial charge in [-0.15, -0.1) is 0 Å². The van der Waals surface area contributed by atoms with E-state index in [4.69, 9.17) is 5.11 Å². The van der Waals surface area contributed by atoms with Crippen LogP contribution in [0.25, 0.3) is 5.57 Å². The Bertz CT molecular complexity index is 352. The van der Waals surface area contributed by atoms with Crippen LogP contribution in [0.4, 0.5) is 0 Å². The van der Waals surface area contributed by atoms with E-state index >= 15 is 0 Å². The Kier molecular flexibility index (Phi) is 2.00. The number of phenolic OH excluding ortho intramolecular Hbond substituents is 1. The first-order valence-corrected chi connectivity index (χ1v) is 4.12. The summed E-state index contributed by atoms with van der Waals surface area (Å²) in [6.45, 7) is 0. The molecule has 0 fully saturated rings. The van der Waals surface area contributed by atoms with Gasteiger partial charge in [-0.1, -0.05) is 12.1 Å². The predicted octanol–water partition coefficient (Wildman–Crippen LogP) is 1.71. The van der Waals surface area contributed by atoms with Crippen LogP contribution in [-0.4, -0.2) is 11.3 Å². The average Bonchev–Trinajstić information content (AvgIpc) is 2.20. The van der Waals surface area contributed by atoms with Gasteiger partial charge in [-0.2, -0.15) is 5.10 Å². The maximum atomic E-state index is 9.09. The van der Waals surface area contributed by atoms with Crippen molar-refractivity contribution in [2.24, 2.45) is 5.10 Å². The van der Waals surface area contributed by atoms with Gasteiger partial charge in [0.2, 0.25) is 0 Å². The highest BCUT2D eigenvalue weighted by molar-refractivity contribution is 5.80. The summed E-state index contributed by atoms with van der Waals surface area (Å²) in [5.74, 6) is 0.293. The second-order valence-corrected chi connectivity index (χ2v) is 2.86. The first kappa shape index (κ1) is 7.86. The van der Waals surface area contributed by atoms with Crippen LogP contribution in [-0.2, 0) is 0 Å². The molecule has 2 N–H and O–H groups in total. The number of aromatic hydroxyl groups is 1. The molecule has 0 saturated heterocycles. The zero-order chi connectivity index (χ0) is 9.10. The van der Waals surface area contributed by atoms with E-state index in [1.807, 2.05) is 24.5 Å². The largest absolute Gasteiger partial charge is 0.508 e. The molecule has 0 radical (unpaired) electrons. The third kappa shape index (κ3) is 1.69. The van der Waals surface area contributed by atoms with E-state index in [9.17, 15) is 0 Å². The van der Waals surface area contributed by atoms with Gasteiger partial charge in [0.25, 0.3) is 0 Å². The van der Waals surface area contributed by atoms with Crippen molar-refractivity contribution in [3.63, 3.8) is 0 Å². The molecule has 0 amide bonds. The molecule has 0 atom stereocenters. The lowest BCUT2D eigenvalue weighted by Gasteiger charge is -2.08. The van der Waals surface area contributed by atoms with E-state index in [0.29, 0.717) is 5.75 Å². The Morgan fingerprint density at radius 2 is 2.00 bits per heavy atom. The first-order valence-electron chi connectivity index (χ1n) is 4.12. The monoisotopic (exact) mass is 174 g/mol. The van der Waals surface area contributed by atoms with Crippen molar-refractivity contribution in [3.8, 4) is 5.75 Å². The normalized spacial score (nSPS) is 14.9. The zero-order valence-electron chi connectivity index (χ0n) is 7.07. The lowest BCUT2D eigenvalue weighted by atomic mass is 10.0. The van der Waals surface area contributed by atoms with Gasteiger partial charge in [0.05, 0.1) is 0 Å². The molecule has 0 bridgehead atoms. The van der Waals surface area contributed by atoms with Gasteiger partial charge in [0.1, 0.15) is 5.75 Å². The maximum absolute atomic E-state index is 9.09. The molecular weight excluding hydrogens is 164 g/mol. The minimum Gasteiger partial charge on any atom is -0.508 e. The number of hydrazone groups is 1. The smallest absolute Gasteiger partial charge is 0.115 e. The molecule has 0 aromatic heterocycles. The summed E-state index contributed by atoms with van der Waals surface area (Å²) in [5.41, 5.74) is 5.08. The van der Waals surface area contributed by atoms with Crippen molar-refractivity contribution >= 4 is 11.8 Å². The van der Waals surface area contributed by atoms with Gasteiger partial charge in [-0.3, -0.25) is 5.43 Å². The number of allylic oxidation sites excluding steroid dienone is 1. The summed E-state index contributed by atoms with van der Waals surface area (Å²) in [6, 6.07) is 7.15. The molecule has 66 valence electrons. The van der Waals surface area contributed by atoms with Crippen molar-refractivity contribution in [3.05, 3.63) is 36.0 Å². The van der Waals surface area contributed by atoms with Gasteiger partial charge in [-0.05, 0) is 23.3 Å². The quantitative estimate of drug-likeness (QED) is 0.680. The molecule has 1 aromatic rings. The van der Waals surface area contributed by atoms with Gasteiger partial charge in [-0.25, -0.2) is 0 Å². The third-order valence-electron chi connectivity index (χ3n) is 1.95. The van der Waals surface area contributed by atoms with Crippen LogP contribution in [0.5, 0.6) is 5.75 Å². The van der Waals surface area contributed by atoms with Crippen LogP contribution in [0.1, 0.15) is 12.0 Å². The summed E-state index contributed by atoms with van der Waals surface area (Å²) in [4.78, 5) is 0.